The maximum Gasteiger partial charge on any atom is 0.235 e. The molecule has 0 aliphatic carbocycles. The smallest absolute Gasteiger partial charge is 0.235 e. The molecule has 2 unspecified atom stereocenters. The number of aryl methyl sites for hydroxylation is 2. The average molecular weight is 495 g/mol. The highest BCUT2D eigenvalue weighted by Crippen LogP contribution is 2.29. The molecule has 3 aromatic carbocycles. The van der Waals surface area contributed by atoms with Gasteiger partial charge in [-0.15, -0.1) is 0 Å². The standard InChI is InChI=1S/C28H28ClNO5/c1-18-11-23(12-19(2)27(18)29)35-26-17-34-25-13-22(9-10-24(25)28(26)32)33-16-21(31)15-30(3)14-20-7-5-4-6-8-20/h4-13,17,21,31H,14-16H2,1-3H3/p+1. The summed E-state index contributed by atoms with van der Waals surface area (Å²) in [6, 6.07) is 18.7. The molecule has 7 heteroatoms. The van der Waals surface area contributed by atoms with Crippen LogP contribution in [0.2, 0.25) is 5.02 Å². The van der Waals surface area contributed by atoms with Gasteiger partial charge in [-0.25, -0.2) is 0 Å². The zero-order chi connectivity index (χ0) is 24.9. The molecular formula is C28H29ClNO5+. The summed E-state index contributed by atoms with van der Waals surface area (Å²) in [5, 5.41) is 11.5. The van der Waals surface area contributed by atoms with Crippen molar-refractivity contribution >= 4 is 22.6 Å². The lowest BCUT2D eigenvalue weighted by Gasteiger charge is -2.18. The SMILES string of the molecule is Cc1cc(Oc2coc3cc(OCC(O)C[NH+](C)Cc4ccccc4)ccc3c2=O)cc(C)c1Cl. The van der Waals surface area contributed by atoms with Gasteiger partial charge in [0.15, 0.2) is 0 Å². The molecule has 1 heterocycles. The molecule has 2 N–H and O–H groups in total. The van der Waals surface area contributed by atoms with Crippen LogP contribution in [0.5, 0.6) is 17.2 Å². The Labute approximate surface area is 209 Å². The second kappa shape index (κ2) is 11.0. The normalized spacial score (nSPS) is 12.9. The average Bonchev–Trinajstić information content (AvgIpc) is 2.83. The maximum atomic E-state index is 12.9. The molecule has 0 amide bonds. The van der Waals surface area contributed by atoms with E-state index in [9.17, 15) is 9.90 Å². The van der Waals surface area contributed by atoms with E-state index in [4.69, 9.17) is 25.5 Å². The lowest BCUT2D eigenvalue weighted by molar-refractivity contribution is -0.897. The molecule has 35 heavy (non-hydrogen) atoms. The van der Waals surface area contributed by atoms with Gasteiger partial charge in [0, 0.05) is 16.7 Å². The van der Waals surface area contributed by atoms with Crippen LogP contribution in [0.4, 0.5) is 0 Å². The minimum atomic E-state index is -0.636. The Bertz CT molecular complexity index is 1350. The van der Waals surface area contributed by atoms with Gasteiger partial charge in [0.25, 0.3) is 0 Å². The highest BCUT2D eigenvalue weighted by atomic mass is 35.5. The zero-order valence-corrected chi connectivity index (χ0v) is 20.8. The molecule has 0 bridgehead atoms. The maximum absolute atomic E-state index is 12.9. The molecule has 182 valence electrons. The van der Waals surface area contributed by atoms with E-state index in [0.717, 1.165) is 17.7 Å². The number of ether oxygens (including phenoxy) is 2. The molecule has 2 atom stereocenters. The first-order valence-corrected chi connectivity index (χ1v) is 11.8. The summed E-state index contributed by atoms with van der Waals surface area (Å²) >= 11 is 6.21. The fraction of sp³-hybridized carbons (Fsp3) is 0.250. The Morgan fingerprint density at radius 1 is 1.03 bits per heavy atom. The van der Waals surface area contributed by atoms with E-state index in [0.29, 0.717) is 34.0 Å². The van der Waals surface area contributed by atoms with Crippen molar-refractivity contribution in [1.82, 2.24) is 0 Å². The predicted molar refractivity (Wildman–Crippen MR) is 137 cm³/mol. The zero-order valence-electron chi connectivity index (χ0n) is 20.0. The van der Waals surface area contributed by atoms with Crippen molar-refractivity contribution in [3.8, 4) is 17.2 Å². The molecule has 0 spiro atoms. The number of hydrogen-bond acceptors (Lipinski definition) is 5. The largest absolute Gasteiger partial charge is 0.491 e. The predicted octanol–water partition coefficient (Wildman–Crippen LogP) is 4.31. The number of hydrogen-bond donors (Lipinski definition) is 2. The second-order valence-electron chi connectivity index (χ2n) is 8.85. The first-order chi connectivity index (χ1) is 16.8. The van der Waals surface area contributed by atoms with E-state index in [1.54, 1.807) is 30.3 Å². The molecule has 6 nitrogen and oxygen atoms in total. The van der Waals surface area contributed by atoms with Crippen LogP contribution in [-0.2, 0) is 6.54 Å². The number of benzene rings is 3. The Balaban J connectivity index is 1.39. The number of aliphatic hydroxyl groups excluding tert-OH is 1. The monoisotopic (exact) mass is 494 g/mol. The molecule has 0 fully saturated rings. The van der Waals surface area contributed by atoms with Crippen molar-refractivity contribution in [3.05, 3.63) is 98.9 Å². The van der Waals surface area contributed by atoms with Gasteiger partial charge in [0.05, 0.1) is 12.4 Å². The molecule has 4 rings (SSSR count). The van der Waals surface area contributed by atoms with Crippen molar-refractivity contribution < 1.29 is 23.9 Å². The summed E-state index contributed by atoms with van der Waals surface area (Å²) in [6.45, 7) is 5.26. The Morgan fingerprint density at radius 3 is 2.46 bits per heavy atom. The summed E-state index contributed by atoms with van der Waals surface area (Å²) in [5.74, 6) is 1.12. The lowest BCUT2D eigenvalue weighted by Crippen LogP contribution is -3.09. The summed E-state index contributed by atoms with van der Waals surface area (Å²) < 4.78 is 17.2. The Kier molecular flexibility index (Phi) is 7.76. The summed E-state index contributed by atoms with van der Waals surface area (Å²) in [6.07, 6.45) is 0.660. The minimum Gasteiger partial charge on any atom is -0.491 e. The number of likely N-dealkylation sites (N-methyl/N-ethyl adjacent to an activating group) is 1. The molecule has 0 saturated heterocycles. The number of halogens is 1. The van der Waals surface area contributed by atoms with Crippen molar-refractivity contribution in [2.75, 3.05) is 20.2 Å². The lowest BCUT2D eigenvalue weighted by atomic mass is 10.1. The van der Waals surface area contributed by atoms with Gasteiger partial charge in [0.1, 0.15) is 49.1 Å². The van der Waals surface area contributed by atoms with Gasteiger partial charge in [-0.2, -0.15) is 0 Å². The Hall–Kier alpha value is -3.32. The third kappa shape index (κ3) is 6.22. The third-order valence-electron chi connectivity index (χ3n) is 5.73. The van der Waals surface area contributed by atoms with Crippen LogP contribution in [0, 0.1) is 13.8 Å². The van der Waals surface area contributed by atoms with Crippen LogP contribution in [0.3, 0.4) is 0 Å². The van der Waals surface area contributed by atoms with E-state index < -0.39 is 6.10 Å². The molecule has 4 aromatic rings. The number of fused-ring (bicyclic) bond motifs is 1. The van der Waals surface area contributed by atoms with E-state index in [2.05, 4.69) is 12.1 Å². The van der Waals surface area contributed by atoms with Gasteiger partial charge in [-0.05, 0) is 49.2 Å². The topological polar surface area (TPSA) is 73.3 Å². The summed E-state index contributed by atoms with van der Waals surface area (Å²) in [4.78, 5) is 14.1. The number of rotatable bonds is 9. The second-order valence-corrected chi connectivity index (χ2v) is 9.23. The highest BCUT2D eigenvalue weighted by molar-refractivity contribution is 6.32. The van der Waals surface area contributed by atoms with Crippen molar-refractivity contribution in [1.29, 1.82) is 0 Å². The molecule has 0 saturated carbocycles. The number of nitrogens with one attached hydrogen (secondary N) is 1. The summed E-state index contributed by atoms with van der Waals surface area (Å²) in [7, 11) is 2.03. The van der Waals surface area contributed by atoms with Crippen LogP contribution in [-0.4, -0.2) is 31.4 Å². The fourth-order valence-electron chi connectivity index (χ4n) is 4.01. The molecule has 1 aromatic heterocycles. The third-order valence-corrected chi connectivity index (χ3v) is 6.32. The van der Waals surface area contributed by atoms with E-state index in [1.165, 1.54) is 16.7 Å². The van der Waals surface area contributed by atoms with Crippen molar-refractivity contribution in [2.45, 2.75) is 26.5 Å². The van der Waals surface area contributed by atoms with Crippen molar-refractivity contribution in [3.63, 3.8) is 0 Å². The van der Waals surface area contributed by atoms with Crippen LogP contribution >= 0.6 is 11.6 Å². The molecule has 0 aliphatic heterocycles. The van der Waals surface area contributed by atoms with E-state index in [1.807, 2.05) is 39.1 Å². The first-order valence-electron chi connectivity index (χ1n) is 11.5. The van der Waals surface area contributed by atoms with E-state index in [-0.39, 0.29) is 17.8 Å². The van der Waals surface area contributed by atoms with Gasteiger partial charge in [-0.3, -0.25) is 4.79 Å². The quantitative estimate of drug-likeness (QED) is 0.363. The van der Waals surface area contributed by atoms with Crippen LogP contribution in [0.1, 0.15) is 16.7 Å². The van der Waals surface area contributed by atoms with Gasteiger partial charge >= 0.3 is 0 Å². The number of quaternary nitrogens is 1. The van der Waals surface area contributed by atoms with Crippen LogP contribution in [0.25, 0.3) is 11.0 Å². The van der Waals surface area contributed by atoms with E-state index >= 15 is 0 Å². The molecular weight excluding hydrogens is 466 g/mol. The van der Waals surface area contributed by atoms with Gasteiger partial charge < -0.3 is 23.9 Å². The Morgan fingerprint density at radius 2 is 1.74 bits per heavy atom. The van der Waals surface area contributed by atoms with Gasteiger partial charge in [-0.1, -0.05) is 41.9 Å². The first kappa shape index (κ1) is 24.8. The summed E-state index contributed by atoms with van der Waals surface area (Å²) in [5.41, 5.74) is 3.04. The minimum absolute atomic E-state index is 0.0899. The highest BCUT2D eigenvalue weighted by Gasteiger charge is 2.15. The van der Waals surface area contributed by atoms with Crippen molar-refractivity contribution in [2.24, 2.45) is 0 Å². The number of aliphatic hydroxyl groups is 1. The fourth-order valence-corrected chi connectivity index (χ4v) is 4.12. The molecule has 0 aliphatic rings. The van der Waals surface area contributed by atoms with Gasteiger partial charge in [0.2, 0.25) is 11.2 Å². The van der Waals surface area contributed by atoms with Crippen LogP contribution in [0.15, 0.2) is 76.1 Å². The van der Waals surface area contributed by atoms with Crippen LogP contribution < -0.4 is 19.8 Å². The molecule has 0 radical (unpaired) electrons.